The van der Waals surface area contributed by atoms with E-state index in [0.29, 0.717) is 156 Å². The van der Waals surface area contributed by atoms with Gasteiger partial charge in [0.1, 0.15) is 0 Å². The van der Waals surface area contributed by atoms with Gasteiger partial charge in [0.2, 0.25) is 0 Å². The second-order valence-corrected chi connectivity index (χ2v) is 33.9. The summed E-state index contributed by atoms with van der Waals surface area (Å²) >= 11 is 0. The van der Waals surface area contributed by atoms with Crippen LogP contribution in [0.5, 0.6) is 0 Å². The van der Waals surface area contributed by atoms with Gasteiger partial charge in [-0.2, -0.15) is 0 Å². The number of hydrogen-bond acceptors (Lipinski definition) is 20. The molecule has 18 rings (SSSR count). The number of esters is 8. The van der Waals surface area contributed by atoms with Crippen LogP contribution in [0.2, 0.25) is 0 Å². The van der Waals surface area contributed by atoms with E-state index in [-0.39, 0.29) is 103 Å². The standard InChI is InChI=1S/C112H104N8O16/c1-61-77(37-45-93(121)129-9)85-57-86-79(39-47-95(123)131-11)63(3)107(115-86)102-74-34-22-30-71(54-74)27-19-20-28-72-32-24-36-76(56-72)104-111-67(7)83(43-51-99(127)135-15)91(119-111)59-89-81(41-49-97(125)133-13)65(5)109(117-89)103(110-66(6)82(42-50-98(126)134-14)90(118-110)60-92-84(44-52-100(128)136-16)68(8)112(104)120-92)75-35-23-31-70(55-75)26-18-17-25-69-29-21-33-73(53-69)101(105(61)113-85)106-62(2)78(38-46-94(122)130-10)87(114-106)58-88-80(40-48-96(124)132-12)64(4)108(102)116-88/h21-24,29-36,53-60,113,116-117,120H,37-52H2,1-16H3. The van der Waals surface area contributed by atoms with Crippen LogP contribution in [0, 0.1) is 75.1 Å². The SMILES string of the molecule is COC(=O)CCC1=C(C)c2nc1cc1[nH]c(c(C)c1CCC(=O)OC)c1c3nc(cc4[nH]c(c(C)c4CCC(=O)OC)c2-c2cccc(c2)C#CC#Cc2cccc(c2)-c2c4nc(cc5[nH]c(c(C)c5CCC(=O)OC)c(c5nc(cc6[nH]c2c(C)c6CCC(=O)OC)C(CCC(=O)OC)=C5C)-c2cccc(c2)C#CC#Cc2cccc-1c2)C(CCC(=O)OC)=C4C)C(CCC(=O)OC)=C3C. The fraction of sp³-hybridized carbons (Fsp3) is 0.286. The molecule has 24 heteroatoms. The van der Waals surface area contributed by atoms with Gasteiger partial charge in [-0.15, -0.1) is 0 Å². The molecule has 0 aliphatic carbocycles. The van der Waals surface area contributed by atoms with E-state index in [0.717, 1.165) is 89.1 Å². The Hall–Kier alpha value is -15.9. The van der Waals surface area contributed by atoms with Gasteiger partial charge in [-0.25, -0.2) is 19.9 Å². The van der Waals surface area contributed by atoms with Gasteiger partial charge >= 0.3 is 47.8 Å². The maximum Gasteiger partial charge on any atom is 0.305 e. The molecule has 8 aliphatic heterocycles. The lowest BCUT2D eigenvalue weighted by atomic mass is 9.93. The van der Waals surface area contributed by atoms with Crippen molar-refractivity contribution in [2.45, 2.75) is 158 Å². The van der Waals surface area contributed by atoms with E-state index in [2.05, 4.69) is 67.3 Å². The Morgan fingerprint density at radius 2 is 0.441 bits per heavy atom. The van der Waals surface area contributed by atoms with Crippen molar-refractivity contribution < 1.29 is 76.3 Å². The molecule has 0 radical (unpaired) electrons. The Labute approximate surface area is 788 Å². The summed E-state index contributed by atoms with van der Waals surface area (Å²) in [5.74, 6) is 22.8. The third-order valence-electron chi connectivity index (χ3n) is 26.1. The number of H-pyrrole nitrogens is 4. The number of aromatic nitrogens is 8. The van der Waals surface area contributed by atoms with Crippen molar-refractivity contribution in [2.75, 3.05) is 56.9 Å². The molecule has 0 saturated heterocycles. The van der Waals surface area contributed by atoms with Gasteiger partial charge in [-0.1, -0.05) is 72.2 Å². The highest BCUT2D eigenvalue weighted by Crippen LogP contribution is 2.49. The first-order valence-corrected chi connectivity index (χ1v) is 45.1. The number of methoxy groups -OCH3 is 8. The first kappa shape index (κ1) is 94.7. The highest BCUT2D eigenvalue weighted by atomic mass is 16.5. The highest BCUT2D eigenvalue weighted by molar-refractivity contribution is 6.08. The zero-order valence-corrected chi connectivity index (χ0v) is 79.2. The lowest BCUT2D eigenvalue weighted by Gasteiger charge is -2.09. The van der Waals surface area contributed by atoms with Crippen molar-refractivity contribution in [3.05, 3.63) is 234 Å². The number of allylic oxidation sites excluding steroid dienone is 8. The van der Waals surface area contributed by atoms with Crippen LogP contribution in [0.3, 0.4) is 0 Å². The zero-order valence-electron chi connectivity index (χ0n) is 79.2. The summed E-state index contributed by atoms with van der Waals surface area (Å²) in [5, 5.41) is 0. The molecule has 0 fully saturated rings. The van der Waals surface area contributed by atoms with Crippen molar-refractivity contribution in [3.63, 3.8) is 0 Å². The number of hydrogen-bond donors (Lipinski definition) is 4. The molecule has 136 heavy (non-hydrogen) atoms. The summed E-state index contributed by atoms with van der Waals surface area (Å²) in [6.45, 7) is 15.9. The number of ether oxygens (including phenoxy) is 8. The molecule has 0 saturated carbocycles. The molecule has 10 aromatic rings. The Balaban J connectivity index is 1.09. The van der Waals surface area contributed by atoms with Gasteiger partial charge in [0.25, 0.3) is 0 Å². The third-order valence-corrected chi connectivity index (χ3v) is 26.1. The van der Waals surface area contributed by atoms with Crippen LogP contribution in [0.1, 0.15) is 217 Å². The summed E-state index contributed by atoms with van der Waals surface area (Å²) in [4.78, 5) is 146. The van der Waals surface area contributed by atoms with Crippen molar-refractivity contribution in [1.82, 2.24) is 39.9 Å². The molecule has 8 aliphatic rings. The molecule has 24 nitrogen and oxygen atoms in total. The summed E-state index contributed by atoms with van der Waals surface area (Å²) in [7, 11) is 10.9. The summed E-state index contributed by atoms with van der Waals surface area (Å²) in [6.07, 6.45) is 1.79. The quantitative estimate of drug-likeness (QED) is 0.0248. The number of aromatic amines is 4. The number of nitrogens with zero attached hydrogens (tertiary/aromatic N) is 4. The van der Waals surface area contributed by atoms with Crippen molar-refractivity contribution in [1.29, 1.82) is 0 Å². The average Bonchev–Trinajstić information content (AvgIpc) is 1.59. The van der Waals surface area contributed by atoms with E-state index in [1.807, 2.05) is 177 Å². The summed E-state index contributed by atoms with van der Waals surface area (Å²) < 4.78 is 42.6. The first-order valence-electron chi connectivity index (χ1n) is 45.1. The van der Waals surface area contributed by atoms with Crippen molar-refractivity contribution in [3.8, 4) is 91.9 Å². The predicted molar refractivity (Wildman–Crippen MR) is 527 cm³/mol. The van der Waals surface area contributed by atoms with Gasteiger partial charge in [0.15, 0.2) is 0 Å². The van der Waals surface area contributed by atoms with E-state index in [4.69, 9.17) is 57.8 Å². The molecule has 14 heterocycles. The molecule has 0 unspecified atom stereocenters. The van der Waals surface area contributed by atoms with E-state index in [1.165, 1.54) is 56.9 Å². The maximum atomic E-state index is 13.5. The van der Waals surface area contributed by atoms with Crippen LogP contribution in [0.4, 0.5) is 0 Å². The predicted octanol–water partition coefficient (Wildman–Crippen LogP) is 19.9. The number of aryl methyl sites for hydroxylation is 8. The molecule has 28 bridgehead atoms. The first-order chi connectivity index (χ1) is 65.7. The fourth-order valence-electron chi connectivity index (χ4n) is 18.8. The highest BCUT2D eigenvalue weighted by Gasteiger charge is 2.33. The second-order valence-electron chi connectivity index (χ2n) is 33.9. The number of carbonyl (C=O) groups excluding carboxylic acids is 8. The minimum atomic E-state index is -0.430. The van der Waals surface area contributed by atoms with Crippen LogP contribution < -0.4 is 0 Å². The lowest BCUT2D eigenvalue weighted by molar-refractivity contribution is -0.141. The topological polar surface area (TPSA) is 325 Å². The van der Waals surface area contributed by atoms with E-state index < -0.39 is 47.8 Å². The van der Waals surface area contributed by atoms with Crippen LogP contribution in [-0.2, 0) is 102 Å². The largest absolute Gasteiger partial charge is 0.469 e. The Morgan fingerprint density at radius 1 is 0.257 bits per heavy atom. The van der Waals surface area contributed by atoms with E-state index in [1.54, 1.807) is 0 Å². The lowest BCUT2D eigenvalue weighted by Crippen LogP contribution is -2.02. The van der Waals surface area contributed by atoms with Gasteiger partial charge in [-0.05, 0) is 315 Å². The Kier molecular flexibility index (Phi) is 28.9. The smallest absolute Gasteiger partial charge is 0.305 e. The third kappa shape index (κ3) is 19.8. The van der Waals surface area contributed by atoms with Crippen LogP contribution in [0.15, 0.2) is 121 Å². The average molecular weight is 1820 g/mol. The van der Waals surface area contributed by atoms with Crippen LogP contribution in [-0.4, -0.2) is 145 Å². The number of carbonyl (C=O) groups is 8. The van der Waals surface area contributed by atoms with E-state index >= 15 is 0 Å². The monoisotopic (exact) mass is 1820 g/mol. The molecule has 0 atom stereocenters. The van der Waals surface area contributed by atoms with Crippen molar-refractivity contribution in [2.24, 2.45) is 0 Å². The number of nitrogens with one attached hydrogen (secondary N) is 4. The van der Waals surface area contributed by atoms with Gasteiger partial charge < -0.3 is 57.8 Å². The van der Waals surface area contributed by atoms with Gasteiger partial charge in [0, 0.05) is 118 Å². The molecular weight excluding hydrogens is 1710 g/mol. The van der Waals surface area contributed by atoms with Gasteiger partial charge in [0.05, 0.1) is 124 Å². The Bertz CT molecular complexity index is 6640. The molecule has 4 aromatic carbocycles. The number of rotatable bonds is 24. The van der Waals surface area contributed by atoms with Crippen LogP contribution >= 0.6 is 0 Å². The number of benzene rings is 4. The summed E-state index contributed by atoms with van der Waals surface area (Å²) in [6, 6.07) is 38.9. The minimum absolute atomic E-state index is 0.00248. The molecular formula is C112H104N8O16. The molecule has 0 amide bonds. The van der Waals surface area contributed by atoms with Gasteiger partial charge in [-0.3, -0.25) is 38.4 Å². The molecule has 6 aromatic heterocycles. The van der Waals surface area contributed by atoms with Crippen LogP contribution in [0.25, 0.3) is 133 Å². The fourth-order valence-corrected chi connectivity index (χ4v) is 18.8. The Morgan fingerprint density at radius 3 is 0.625 bits per heavy atom. The van der Waals surface area contributed by atoms with E-state index in [9.17, 15) is 38.4 Å². The maximum absolute atomic E-state index is 13.5. The summed E-state index contributed by atoms with van der Waals surface area (Å²) in [5.41, 5.74) is 29.3. The molecule has 0 spiro atoms. The molecule has 688 valence electrons. The zero-order chi connectivity index (χ0) is 96.4. The minimum Gasteiger partial charge on any atom is -0.469 e. The second kappa shape index (κ2) is 41.5. The van der Waals surface area contributed by atoms with Crippen molar-refractivity contribution >= 4 is 136 Å². The molecule has 4 N–H and O–H groups in total. The normalized spacial score (nSPS) is 12.4.